The zero-order chi connectivity index (χ0) is 15.3. The van der Waals surface area contributed by atoms with Gasteiger partial charge in [-0.1, -0.05) is 35.1 Å². The number of aryl methyl sites for hydroxylation is 2. The van der Waals surface area contributed by atoms with Crippen LogP contribution < -0.4 is 5.32 Å². The average Bonchev–Trinajstić information content (AvgIpc) is 3.03. The highest BCUT2D eigenvalue weighted by molar-refractivity contribution is 7.22. The Morgan fingerprint density at radius 3 is 2.86 bits per heavy atom. The molecule has 0 saturated carbocycles. The molecule has 0 atom stereocenters. The summed E-state index contributed by atoms with van der Waals surface area (Å²) in [6.07, 6.45) is 0. The van der Waals surface area contributed by atoms with Crippen LogP contribution in [0.3, 0.4) is 0 Å². The van der Waals surface area contributed by atoms with E-state index in [0.29, 0.717) is 16.2 Å². The van der Waals surface area contributed by atoms with Gasteiger partial charge in [0.25, 0.3) is 0 Å². The Bertz CT molecular complexity index is 1010. The van der Waals surface area contributed by atoms with Gasteiger partial charge in [0.2, 0.25) is 0 Å². The maximum absolute atomic E-state index is 6.15. The molecule has 110 valence electrons. The number of hydrogen-bond donors (Lipinski definition) is 1. The summed E-state index contributed by atoms with van der Waals surface area (Å²) in [5.74, 6) is 0. The zero-order valence-electron chi connectivity index (χ0n) is 12.0. The molecule has 2 aromatic carbocycles. The Morgan fingerprint density at radius 1 is 1.18 bits per heavy atom. The van der Waals surface area contributed by atoms with Gasteiger partial charge in [-0.3, -0.25) is 5.32 Å². The van der Waals surface area contributed by atoms with Crippen LogP contribution >= 0.6 is 22.9 Å². The maximum atomic E-state index is 6.15. The fourth-order valence-corrected chi connectivity index (χ4v) is 3.65. The number of hydrogen-bond acceptors (Lipinski definition) is 5. The molecule has 0 amide bonds. The molecule has 4 rings (SSSR count). The minimum Gasteiger partial charge on any atom is -0.423 e. The summed E-state index contributed by atoms with van der Waals surface area (Å²) in [6.45, 7) is 4.06. The summed E-state index contributed by atoms with van der Waals surface area (Å²) in [4.78, 5) is 8.97. The van der Waals surface area contributed by atoms with E-state index < -0.39 is 0 Å². The molecule has 0 saturated heterocycles. The Balaban J connectivity index is 1.75. The van der Waals surface area contributed by atoms with Crippen LogP contribution in [-0.2, 0) is 0 Å². The molecule has 2 heterocycles. The van der Waals surface area contributed by atoms with Crippen LogP contribution in [0.2, 0.25) is 5.02 Å². The Hall–Kier alpha value is -2.11. The number of aromatic nitrogens is 2. The maximum Gasteiger partial charge on any atom is 0.302 e. The van der Waals surface area contributed by atoms with E-state index in [4.69, 9.17) is 16.0 Å². The van der Waals surface area contributed by atoms with Crippen molar-refractivity contribution in [2.75, 3.05) is 5.32 Å². The summed E-state index contributed by atoms with van der Waals surface area (Å²) in [5.41, 5.74) is 4.67. The fourth-order valence-electron chi connectivity index (χ4n) is 2.49. The zero-order valence-corrected chi connectivity index (χ0v) is 13.5. The Morgan fingerprint density at radius 2 is 2.05 bits per heavy atom. The largest absolute Gasteiger partial charge is 0.423 e. The van der Waals surface area contributed by atoms with Crippen LogP contribution in [-0.4, -0.2) is 9.97 Å². The summed E-state index contributed by atoms with van der Waals surface area (Å²) < 4.78 is 6.82. The van der Waals surface area contributed by atoms with Gasteiger partial charge >= 0.3 is 6.01 Å². The van der Waals surface area contributed by atoms with Crippen LogP contribution in [0.4, 0.5) is 11.1 Å². The molecule has 0 aliphatic carbocycles. The van der Waals surface area contributed by atoms with Crippen molar-refractivity contribution in [2.45, 2.75) is 13.8 Å². The van der Waals surface area contributed by atoms with E-state index >= 15 is 0 Å². The molecule has 0 spiro atoms. The lowest BCUT2D eigenvalue weighted by atomic mass is 10.1. The number of thiazole rings is 1. The molecule has 0 unspecified atom stereocenters. The van der Waals surface area contributed by atoms with Crippen molar-refractivity contribution < 1.29 is 4.42 Å². The minimum atomic E-state index is 0.443. The topological polar surface area (TPSA) is 51.0 Å². The standard InChI is InChI=1S/C16H12ClN3OS/c1-8-6-9(2)14-11(7-8)18-15(21-14)20-16-19-13-10(17)4-3-5-12(13)22-16/h3-7H,1-2H3,(H,18,19,20). The molecular weight excluding hydrogens is 318 g/mol. The van der Waals surface area contributed by atoms with Gasteiger partial charge < -0.3 is 4.42 Å². The fraction of sp³-hybridized carbons (Fsp3) is 0.125. The number of fused-ring (bicyclic) bond motifs is 2. The van der Waals surface area contributed by atoms with E-state index in [2.05, 4.69) is 21.4 Å². The molecule has 0 bridgehead atoms. The summed E-state index contributed by atoms with van der Waals surface area (Å²) in [6, 6.07) is 10.3. The van der Waals surface area contributed by atoms with Crippen molar-refractivity contribution in [1.82, 2.24) is 9.97 Å². The monoisotopic (exact) mass is 329 g/mol. The Kier molecular flexibility index (Phi) is 3.06. The number of rotatable bonds is 2. The number of benzene rings is 2. The summed E-state index contributed by atoms with van der Waals surface area (Å²) in [7, 11) is 0. The molecule has 0 aliphatic heterocycles. The molecule has 2 aromatic heterocycles. The predicted molar refractivity (Wildman–Crippen MR) is 91.4 cm³/mol. The third kappa shape index (κ3) is 2.23. The number of para-hydroxylation sites is 1. The highest BCUT2D eigenvalue weighted by Gasteiger charge is 2.12. The quantitative estimate of drug-likeness (QED) is 0.531. The van der Waals surface area contributed by atoms with Gasteiger partial charge in [-0.25, -0.2) is 4.98 Å². The molecular formula is C16H12ClN3OS. The van der Waals surface area contributed by atoms with Gasteiger partial charge in [0.15, 0.2) is 10.7 Å². The van der Waals surface area contributed by atoms with Crippen molar-refractivity contribution in [3.05, 3.63) is 46.5 Å². The molecule has 0 radical (unpaired) electrons. The smallest absolute Gasteiger partial charge is 0.302 e. The number of nitrogens with zero attached hydrogens (tertiary/aromatic N) is 2. The molecule has 1 N–H and O–H groups in total. The third-order valence-corrected chi connectivity index (χ3v) is 4.64. The first kappa shape index (κ1) is 13.5. The lowest BCUT2D eigenvalue weighted by Gasteiger charge is -1.95. The highest BCUT2D eigenvalue weighted by Crippen LogP contribution is 2.33. The van der Waals surface area contributed by atoms with Gasteiger partial charge in [-0.15, -0.1) is 0 Å². The number of nitrogens with one attached hydrogen (secondary N) is 1. The van der Waals surface area contributed by atoms with E-state index in [1.165, 1.54) is 11.3 Å². The van der Waals surface area contributed by atoms with E-state index in [1.807, 2.05) is 38.1 Å². The van der Waals surface area contributed by atoms with Gasteiger partial charge in [0, 0.05) is 0 Å². The van der Waals surface area contributed by atoms with Gasteiger partial charge in [0.05, 0.1) is 9.72 Å². The summed E-state index contributed by atoms with van der Waals surface area (Å²) >= 11 is 7.67. The second-order valence-electron chi connectivity index (χ2n) is 5.18. The second kappa shape index (κ2) is 4.97. The molecule has 4 aromatic rings. The predicted octanol–water partition coefficient (Wildman–Crippen LogP) is 5.45. The van der Waals surface area contributed by atoms with E-state index in [1.54, 1.807) is 0 Å². The van der Waals surface area contributed by atoms with Crippen molar-refractivity contribution >= 4 is 55.4 Å². The van der Waals surface area contributed by atoms with Crippen molar-refractivity contribution in [2.24, 2.45) is 0 Å². The van der Waals surface area contributed by atoms with E-state index in [-0.39, 0.29) is 0 Å². The first-order chi connectivity index (χ1) is 10.6. The van der Waals surface area contributed by atoms with Gasteiger partial charge in [-0.05, 0) is 43.2 Å². The molecule has 0 fully saturated rings. The normalized spacial score (nSPS) is 11.4. The molecule has 22 heavy (non-hydrogen) atoms. The third-order valence-electron chi connectivity index (χ3n) is 3.40. The van der Waals surface area contributed by atoms with Gasteiger partial charge in [-0.2, -0.15) is 4.98 Å². The summed E-state index contributed by atoms with van der Waals surface area (Å²) in [5, 5.41) is 4.48. The van der Waals surface area contributed by atoms with Crippen molar-refractivity contribution in [1.29, 1.82) is 0 Å². The van der Waals surface area contributed by atoms with Crippen LogP contribution in [0.25, 0.3) is 21.3 Å². The number of halogens is 1. The molecule has 4 nitrogen and oxygen atoms in total. The lowest BCUT2D eigenvalue weighted by molar-refractivity contribution is 0.620. The average molecular weight is 330 g/mol. The van der Waals surface area contributed by atoms with Gasteiger partial charge in [0.1, 0.15) is 11.0 Å². The van der Waals surface area contributed by atoms with E-state index in [9.17, 15) is 0 Å². The first-order valence-electron chi connectivity index (χ1n) is 6.80. The Labute approximate surface area is 135 Å². The van der Waals surface area contributed by atoms with Crippen LogP contribution in [0.1, 0.15) is 11.1 Å². The van der Waals surface area contributed by atoms with Crippen LogP contribution in [0.5, 0.6) is 0 Å². The van der Waals surface area contributed by atoms with Crippen LogP contribution in [0.15, 0.2) is 34.7 Å². The van der Waals surface area contributed by atoms with Crippen molar-refractivity contribution in [3.8, 4) is 0 Å². The number of oxazole rings is 1. The second-order valence-corrected chi connectivity index (χ2v) is 6.62. The SMILES string of the molecule is Cc1cc(C)c2oc(Nc3nc4c(Cl)cccc4s3)nc2c1. The molecule has 0 aliphatic rings. The minimum absolute atomic E-state index is 0.443. The molecule has 6 heteroatoms. The highest BCUT2D eigenvalue weighted by atomic mass is 35.5. The first-order valence-corrected chi connectivity index (χ1v) is 7.99. The number of anilines is 2. The lowest BCUT2D eigenvalue weighted by Crippen LogP contribution is -1.88. The van der Waals surface area contributed by atoms with Crippen molar-refractivity contribution in [3.63, 3.8) is 0 Å². The van der Waals surface area contributed by atoms with E-state index in [0.717, 1.165) is 32.4 Å². The van der Waals surface area contributed by atoms with Crippen LogP contribution in [0, 0.1) is 13.8 Å².